The Morgan fingerprint density at radius 1 is 1.11 bits per heavy atom. The average molecular weight is 749 g/mol. The standard InChI is InChI=1S/C31H30ClIN4O6S/c1-4-41-30(39)27-18(2)35-31(44)36-28(27)23-10-5-6-11-24(23)42-17-26(38)37-34-15-20-13-22(33)14-25(40-3)29(20)43-16-19-8-7-9-21(32)12-19/h5-15,28H,4,16-17H2,1-3H3,(H,37,38)(H2,35,36,44)/t28-/m0/s1. The maximum atomic E-state index is 12.8. The number of carbonyl (C=O) groups is 2. The number of methoxy groups -OCH3 is 1. The van der Waals surface area contributed by atoms with Gasteiger partial charge in [-0.05, 0) is 84.6 Å². The number of hydrazone groups is 1. The van der Waals surface area contributed by atoms with Gasteiger partial charge < -0.3 is 29.6 Å². The molecule has 0 saturated carbocycles. The fraction of sp³-hybridized carbons (Fsp3) is 0.226. The second-order valence-electron chi connectivity index (χ2n) is 9.36. The van der Waals surface area contributed by atoms with Crippen molar-refractivity contribution >= 4 is 69.6 Å². The molecule has 1 atom stereocenters. The third-order valence-electron chi connectivity index (χ3n) is 6.29. The first kappa shape index (κ1) is 33.0. The summed E-state index contributed by atoms with van der Waals surface area (Å²) in [7, 11) is 1.55. The number of carbonyl (C=O) groups excluding carboxylic acids is 2. The zero-order valence-electron chi connectivity index (χ0n) is 24.1. The van der Waals surface area contributed by atoms with Crippen LogP contribution in [0, 0.1) is 3.57 Å². The van der Waals surface area contributed by atoms with Gasteiger partial charge in [0, 0.05) is 25.4 Å². The topological polar surface area (TPSA) is 120 Å². The lowest BCUT2D eigenvalue weighted by atomic mass is 9.95. The Hall–Kier alpha value is -3.88. The Kier molecular flexibility index (Phi) is 11.8. The van der Waals surface area contributed by atoms with Crippen LogP contribution in [0.1, 0.15) is 36.6 Å². The fourth-order valence-corrected chi connectivity index (χ4v) is 5.48. The van der Waals surface area contributed by atoms with Gasteiger partial charge in [-0.1, -0.05) is 41.9 Å². The molecule has 4 rings (SSSR count). The van der Waals surface area contributed by atoms with E-state index in [1.165, 1.54) is 6.21 Å². The zero-order chi connectivity index (χ0) is 31.6. The summed E-state index contributed by atoms with van der Waals surface area (Å²) in [5.74, 6) is 0.388. The van der Waals surface area contributed by atoms with E-state index in [2.05, 4.69) is 43.8 Å². The fourth-order valence-electron chi connectivity index (χ4n) is 4.38. The van der Waals surface area contributed by atoms with Crippen LogP contribution in [0.5, 0.6) is 17.2 Å². The number of ether oxygens (including phenoxy) is 4. The minimum atomic E-state index is -0.638. The smallest absolute Gasteiger partial charge is 0.338 e. The molecule has 10 nitrogen and oxygen atoms in total. The molecule has 0 spiro atoms. The summed E-state index contributed by atoms with van der Waals surface area (Å²) in [6.45, 7) is 3.61. The molecule has 0 fully saturated rings. The van der Waals surface area contributed by atoms with Gasteiger partial charge in [0.15, 0.2) is 23.2 Å². The van der Waals surface area contributed by atoms with Crippen LogP contribution >= 0.6 is 46.4 Å². The van der Waals surface area contributed by atoms with Crippen LogP contribution in [-0.2, 0) is 20.9 Å². The van der Waals surface area contributed by atoms with E-state index in [0.717, 1.165) is 9.13 Å². The highest BCUT2D eigenvalue weighted by Gasteiger charge is 2.32. The van der Waals surface area contributed by atoms with Gasteiger partial charge in [-0.2, -0.15) is 5.10 Å². The molecule has 3 aromatic carbocycles. The van der Waals surface area contributed by atoms with Gasteiger partial charge in [0.1, 0.15) is 12.4 Å². The highest BCUT2D eigenvalue weighted by molar-refractivity contribution is 14.1. The van der Waals surface area contributed by atoms with Crippen molar-refractivity contribution in [2.75, 3.05) is 20.3 Å². The molecule has 0 saturated heterocycles. The van der Waals surface area contributed by atoms with Crippen LogP contribution in [0.3, 0.4) is 0 Å². The van der Waals surface area contributed by atoms with Crippen LogP contribution in [0.15, 0.2) is 77.0 Å². The van der Waals surface area contributed by atoms with Crippen molar-refractivity contribution in [3.63, 3.8) is 0 Å². The Labute approximate surface area is 279 Å². The van der Waals surface area contributed by atoms with E-state index in [0.29, 0.717) is 49.8 Å². The highest BCUT2D eigenvalue weighted by Crippen LogP contribution is 2.35. The summed E-state index contributed by atoms with van der Waals surface area (Å²) >= 11 is 13.6. The van der Waals surface area contributed by atoms with Gasteiger partial charge in [-0.3, -0.25) is 4.79 Å². The number of hydrogen-bond donors (Lipinski definition) is 3. The molecule has 1 amide bonds. The van der Waals surface area contributed by atoms with Gasteiger partial charge in [0.2, 0.25) is 0 Å². The highest BCUT2D eigenvalue weighted by atomic mass is 127. The average Bonchev–Trinajstić information content (AvgIpc) is 2.99. The van der Waals surface area contributed by atoms with Gasteiger partial charge in [-0.15, -0.1) is 0 Å². The largest absolute Gasteiger partial charge is 0.493 e. The van der Waals surface area contributed by atoms with E-state index < -0.39 is 17.9 Å². The number of benzene rings is 3. The molecule has 0 aliphatic carbocycles. The predicted octanol–water partition coefficient (Wildman–Crippen LogP) is 5.42. The first-order chi connectivity index (χ1) is 21.2. The number of para-hydroxylation sites is 1. The van der Waals surface area contributed by atoms with Crippen LogP contribution in [0.4, 0.5) is 0 Å². The lowest BCUT2D eigenvalue weighted by molar-refractivity contribution is -0.139. The van der Waals surface area contributed by atoms with Crippen LogP contribution in [0.2, 0.25) is 5.02 Å². The van der Waals surface area contributed by atoms with E-state index in [4.69, 9.17) is 42.8 Å². The van der Waals surface area contributed by atoms with Crippen LogP contribution in [0.25, 0.3) is 0 Å². The molecular weight excluding hydrogens is 719 g/mol. The number of amides is 1. The number of halogens is 2. The van der Waals surface area contributed by atoms with Gasteiger partial charge in [0.25, 0.3) is 5.91 Å². The molecule has 0 unspecified atom stereocenters. The van der Waals surface area contributed by atoms with Crippen molar-refractivity contribution in [2.45, 2.75) is 26.5 Å². The number of thiocarbonyl (C=S) groups is 1. The molecule has 13 heteroatoms. The van der Waals surface area contributed by atoms with Crippen molar-refractivity contribution in [2.24, 2.45) is 5.10 Å². The summed E-state index contributed by atoms with van der Waals surface area (Å²) in [6, 6.07) is 17.5. The Bertz CT molecular complexity index is 1620. The van der Waals surface area contributed by atoms with E-state index in [9.17, 15) is 9.59 Å². The van der Waals surface area contributed by atoms with Crippen molar-refractivity contribution in [1.82, 2.24) is 16.1 Å². The van der Waals surface area contributed by atoms with Gasteiger partial charge in [0.05, 0.1) is 31.5 Å². The molecule has 0 bridgehead atoms. The molecule has 3 N–H and O–H groups in total. The maximum absolute atomic E-state index is 12.8. The van der Waals surface area contributed by atoms with Gasteiger partial charge >= 0.3 is 5.97 Å². The lowest BCUT2D eigenvalue weighted by Gasteiger charge is -2.30. The van der Waals surface area contributed by atoms with Crippen molar-refractivity contribution < 1.29 is 28.5 Å². The van der Waals surface area contributed by atoms with Crippen LogP contribution < -0.4 is 30.3 Å². The Balaban J connectivity index is 1.45. The first-order valence-electron chi connectivity index (χ1n) is 13.4. The SMILES string of the molecule is CCOC(=O)C1=C(C)NC(=S)N[C@H]1c1ccccc1OCC(=O)NN=Cc1cc(I)cc(OC)c1OCc1cccc(Cl)c1. The summed E-state index contributed by atoms with van der Waals surface area (Å²) in [5.41, 5.74) is 5.52. The molecule has 230 valence electrons. The monoisotopic (exact) mass is 748 g/mol. The van der Waals surface area contributed by atoms with Crippen molar-refractivity contribution in [1.29, 1.82) is 0 Å². The second-order valence-corrected chi connectivity index (χ2v) is 11.4. The van der Waals surface area contributed by atoms with Crippen LogP contribution in [-0.4, -0.2) is 43.5 Å². The summed E-state index contributed by atoms with van der Waals surface area (Å²) in [4.78, 5) is 25.5. The molecule has 1 aliphatic heterocycles. The Morgan fingerprint density at radius 2 is 1.91 bits per heavy atom. The second kappa shape index (κ2) is 15.7. The molecule has 1 aliphatic rings. The Morgan fingerprint density at radius 3 is 2.66 bits per heavy atom. The van der Waals surface area contributed by atoms with E-state index in [1.54, 1.807) is 51.3 Å². The third-order valence-corrected chi connectivity index (χ3v) is 7.36. The first-order valence-corrected chi connectivity index (χ1v) is 15.3. The molecule has 3 aromatic rings. The zero-order valence-corrected chi connectivity index (χ0v) is 27.8. The summed E-state index contributed by atoms with van der Waals surface area (Å²) in [6.07, 6.45) is 1.48. The summed E-state index contributed by atoms with van der Waals surface area (Å²) in [5, 5.41) is 11.1. The molecule has 1 heterocycles. The number of allylic oxidation sites excluding steroid dienone is 1. The summed E-state index contributed by atoms with van der Waals surface area (Å²) < 4.78 is 23.6. The minimum Gasteiger partial charge on any atom is -0.493 e. The molecule has 0 aromatic heterocycles. The van der Waals surface area contributed by atoms with Gasteiger partial charge in [-0.25, -0.2) is 10.2 Å². The number of nitrogens with one attached hydrogen (secondary N) is 3. The minimum absolute atomic E-state index is 0.218. The number of rotatable bonds is 12. The van der Waals surface area contributed by atoms with E-state index >= 15 is 0 Å². The van der Waals surface area contributed by atoms with E-state index in [-0.39, 0.29) is 19.8 Å². The van der Waals surface area contributed by atoms with Crippen molar-refractivity contribution in [3.8, 4) is 17.2 Å². The molecule has 0 radical (unpaired) electrons. The normalized spacial score (nSPS) is 14.5. The lowest BCUT2D eigenvalue weighted by Crippen LogP contribution is -2.45. The maximum Gasteiger partial charge on any atom is 0.338 e. The predicted molar refractivity (Wildman–Crippen MR) is 180 cm³/mol. The third kappa shape index (κ3) is 8.61. The number of nitrogens with zero attached hydrogens (tertiary/aromatic N) is 1. The van der Waals surface area contributed by atoms with Crippen molar-refractivity contribution in [3.05, 3.63) is 97.2 Å². The number of hydrogen-bond acceptors (Lipinski definition) is 8. The number of esters is 1. The quantitative estimate of drug-likeness (QED) is 0.0734. The van der Waals surface area contributed by atoms with E-state index in [1.807, 2.05) is 30.3 Å². The molecule has 44 heavy (non-hydrogen) atoms. The molecular formula is C31H30ClIN4O6S.